The van der Waals surface area contributed by atoms with Gasteiger partial charge in [0, 0.05) is 13.0 Å². The number of benzene rings is 1. The molecular weight excluding hydrogens is 324 g/mol. The quantitative estimate of drug-likeness (QED) is 0.673. The summed E-state index contributed by atoms with van der Waals surface area (Å²) in [5.74, 6) is 1.15. The number of hydrogen-bond acceptors (Lipinski definition) is 4. The molecule has 0 spiro atoms. The summed E-state index contributed by atoms with van der Waals surface area (Å²) in [6.07, 6.45) is 2.19. The van der Waals surface area contributed by atoms with Gasteiger partial charge in [-0.15, -0.1) is 0 Å². The number of rotatable bonds is 9. The van der Waals surface area contributed by atoms with E-state index in [4.69, 9.17) is 15.2 Å². The minimum atomic E-state index is -0.242. The number of carbonyl (C=O) groups is 1. The Balaban J connectivity index is 2.44. The van der Waals surface area contributed by atoms with Gasteiger partial charge in [0.1, 0.15) is 0 Å². The second-order valence-corrected chi connectivity index (χ2v) is 5.27. The van der Waals surface area contributed by atoms with Crippen molar-refractivity contribution in [3.05, 3.63) is 22.2 Å². The first kappa shape index (κ1) is 16.8. The number of nitrogens with two attached hydrogens (primary N) is 1. The summed E-state index contributed by atoms with van der Waals surface area (Å²) in [4.78, 5) is 10.6. The molecule has 0 fully saturated rings. The SMILES string of the molecule is COc1cc(CNCCCCC(N)=O)cc(Br)c1OC. The predicted octanol–water partition coefficient (Wildman–Crippen LogP) is 2.21. The maximum atomic E-state index is 10.6. The van der Waals surface area contributed by atoms with Crippen LogP contribution in [0.25, 0.3) is 0 Å². The van der Waals surface area contributed by atoms with Gasteiger partial charge in [-0.25, -0.2) is 0 Å². The first-order chi connectivity index (χ1) is 9.58. The van der Waals surface area contributed by atoms with Crippen LogP contribution in [0.1, 0.15) is 24.8 Å². The molecule has 0 saturated heterocycles. The second-order valence-electron chi connectivity index (χ2n) is 4.41. The third-order valence-electron chi connectivity index (χ3n) is 2.85. The Morgan fingerprint density at radius 2 is 2.05 bits per heavy atom. The maximum absolute atomic E-state index is 10.6. The topological polar surface area (TPSA) is 73.6 Å². The highest BCUT2D eigenvalue weighted by molar-refractivity contribution is 9.10. The number of ether oxygens (including phenoxy) is 2. The van der Waals surface area contributed by atoms with Crippen molar-refractivity contribution in [3.63, 3.8) is 0 Å². The predicted molar refractivity (Wildman–Crippen MR) is 82.0 cm³/mol. The Hall–Kier alpha value is -1.27. The van der Waals surface area contributed by atoms with E-state index in [9.17, 15) is 4.79 Å². The molecule has 0 aliphatic carbocycles. The molecule has 1 amide bonds. The fraction of sp³-hybridized carbons (Fsp3) is 0.500. The Labute approximate surface area is 127 Å². The van der Waals surface area contributed by atoms with Crippen LogP contribution in [0.4, 0.5) is 0 Å². The monoisotopic (exact) mass is 344 g/mol. The van der Waals surface area contributed by atoms with E-state index in [0.29, 0.717) is 17.9 Å². The van der Waals surface area contributed by atoms with Crippen molar-refractivity contribution in [3.8, 4) is 11.5 Å². The lowest BCUT2D eigenvalue weighted by atomic mass is 10.2. The fourth-order valence-corrected chi connectivity index (χ4v) is 2.51. The molecule has 6 heteroatoms. The lowest BCUT2D eigenvalue weighted by molar-refractivity contribution is -0.118. The number of hydrogen-bond donors (Lipinski definition) is 2. The Bertz CT molecular complexity index is 452. The van der Waals surface area contributed by atoms with Gasteiger partial charge in [0.2, 0.25) is 5.91 Å². The third-order valence-corrected chi connectivity index (χ3v) is 3.44. The van der Waals surface area contributed by atoms with Crippen LogP contribution in [0.3, 0.4) is 0 Å². The molecule has 20 heavy (non-hydrogen) atoms. The van der Waals surface area contributed by atoms with Crippen molar-refractivity contribution in [2.24, 2.45) is 5.73 Å². The molecule has 1 rings (SSSR count). The van der Waals surface area contributed by atoms with Gasteiger partial charge in [0.05, 0.1) is 18.7 Å². The van der Waals surface area contributed by atoms with Gasteiger partial charge in [-0.05, 0) is 53.0 Å². The minimum absolute atomic E-state index is 0.242. The number of unbranched alkanes of at least 4 members (excludes halogenated alkanes) is 1. The van der Waals surface area contributed by atoms with Gasteiger partial charge in [0.25, 0.3) is 0 Å². The molecule has 112 valence electrons. The molecule has 0 aliphatic heterocycles. The van der Waals surface area contributed by atoms with Crippen molar-refractivity contribution in [2.45, 2.75) is 25.8 Å². The minimum Gasteiger partial charge on any atom is -0.493 e. The molecule has 0 aliphatic rings. The van der Waals surface area contributed by atoms with Gasteiger partial charge < -0.3 is 20.5 Å². The highest BCUT2D eigenvalue weighted by atomic mass is 79.9. The number of carbonyl (C=O) groups excluding carboxylic acids is 1. The van der Waals surface area contributed by atoms with E-state index < -0.39 is 0 Å². The zero-order valence-corrected chi connectivity index (χ0v) is 13.5. The standard InChI is InChI=1S/C14H21BrN2O3/c1-19-12-8-10(7-11(15)14(12)20-2)9-17-6-4-3-5-13(16)18/h7-8,17H,3-6,9H2,1-2H3,(H2,16,18). The third kappa shape index (κ3) is 5.38. The Morgan fingerprint density at radius 1 is 1.30 bits per heavy atom. The lowest BCUT2D eigenvalue weighted by Gasteiger charge is -2.12. The summed E-state index contributed by atoms with van der Waals surface area (Å²) in [6.45, 7) is 1.58. The van der Waals surface area contributed by atoms with E-state index >= 15 is 0 Å². The van der Waals surface area contributed by atoms with Crippen molar-refractivity contribution < 1.29 is 14.3 Å². The molecule has 1 aromatic rings. The molecule has 3 N–H and O–H groups in total. The zero-order valence-electron chi connectivity index (χ0n) is 11.9. The van der Waals surface area contributed by atoms with Gasteiger partial charge in [-0.3, -0.25) is 4.79 Å². The van der Waals surface area contributed by atoms with E-state index in [1.165, 1.54) is 0 Å². The van der Waals surface area contributed by atoms with E-state index in [1.54, 1.807) is 14.2 Å². The summed E-state index contributed by atoms with van der Waals surface area (Å²) in [6, 6.07) is 3.94. The van der Waals surface area contributed by atoms with E-state index in [-0.39, 0.29) is 5.91 Å². The number of nitrogens with one attached hydrogen (secondary N) is 1. The smallest absolute Gasteiger partial charge is 0.217 e. The summed E-state index contributed by atoms with van der Waals surface area (Å²) in [5.41, 5.74) is 6.19. The molecule has 0 saturated carbocycles. The van der Waals surface area contributed by atoms with E-state index in [2.05, 4.69) is 21.2 Å². The van der Waals surface area contributed by atoms with Crippen molar-refractivity contribution >= 4 is 21.8 Å². The molecular formula is C14H21BrN2O3. The summed E-state index contributed by atoms with van der Waals surface area (Å²) >= 11 is 3.46. The molecule has 1 aromatic carbocycles. The van der Waals surface area contributed by atoms with Crippen LogP contribution < -0.4 is 20.5 Å². The van der Waals surface area contributed by atoms with E-state index in [1.807, 2.05) is 12.1 Å². The van der Waals surface area contributed by atoms with E-state index in [0.717, 1.165) is 36.0 Å². The fourth-order valence-electron chi connectivity index (χ4n) is 1.86. The second kappa shape index (κ2) is 8.81. The van der Waals surface area contributed by atoms with Crippen LogP contribution in [0.5, 0.6) is 11.5 Å². The van der Waals surface area contributed by atoms with Gasteiger partial charge in [-0.2, -0.15) is 0 Å². The van der Waals surface area contributed by atoms with Crippen molar-refractivity contribution in [1.29, 1.82) is 0 Å². The average Bonchev–Trinajstić information content (AvgIpc) is 2.41. The molecule has 0 aromatic heterocycles. The van der Waals surface area contributed by atoms with Crippen LogP contribution in [-0.4, -0.2) is 26.7 Å². The largest absolute Gasteiger partial charge is 0.493 e. The first-order valence-electron chi connectivity index (χ1n) is 6.48. The van der Waals surface area contributed by atoms with Gasteiger partial charge in [0.15, 0.2) is 11.5 Å². The molecule has 0 unspecified atom stereocenters. The zero-order chi connectivity index (χ0) is 15.0. The summed E-state index contributed by atoms with van der Waals surface area (Å²) in [7, 11) is 3.23. The molecule has 0 bridgehead atoms. The number of amides is 1. The Kier molecular flexibility index (Phi) is 7.40. The highest BCUT2D eigenvalue weighted by Crippen LogP contribution is 2.36. The number of halogens is 1. The van der Waals surface area contributed by atoms with Crippen LogP contribution in [0.2, 0.25) is 0 Å². The maximum Gasteiger partial charge on any atom is 0.217 e. The normalized spacial score (nSPS) is 10.3. The van der Waals surface area contributed by atoms with Crippen molar-refractivity contribution in [2.75, 3.05) is 20.8 Å². The van der Waals surface area contributed by atoms with Crippen LogP contribution >= 0.6 is 15.9 Å². The van der Waals surface area contributed by atoms with Gasteiger partial charge >= 0.3 is 0 Å². The van der Waals surface area contributed by atoms with Gasteiger partial charge in [-0.1, -0.05) is 0 Å². The molecule has 0 radical (unpaired) electrons. The number of methoxy groups -OCH3 is 2. The average molecular weight is 345 g/mol. The lowest BCUT2D eigenvalue weighted by Crippen LogP contribution is -2.16. The number of primary amides is 1. The molecule has 0 atom stereocenters. The molecule has 0 heterocycles. The summed E-state index contributed by atoms with van der Waals surface area (Å²) < 4.78 is 11.4. The highest BCUT2D eigenvalue weighted by Gasteiger charge is 2.10. The van der Waals surface area contributed by atoms with Crippen molar-refractivity contribution in [1.82, 2.24) is 5.32 Å². The van der Waals surface area contributed by atoms with Crippen LogP contribution in [0.15, 0.2) is 16.6 Å². The first-order valence-corrected chi connectivity index (χ1v) is 7.27. The summed E-state index contributed by atoms with van der Waals surface area (Å²) in [5, 5.41) is 3.32. The van der Waals surface area contributed by atoms with Crippen LogP contribution in [-0.2, 0) is 11.3 Å². The van der Waals surface area contributed by atoms with Crippen LogP contribution in [0, 0.1) is 0 Å². The Morgan fingerprint density at radius 3 is 2.65 bits per heavy atom. The molecule has 5 nitrogen and oxygen atoms in total.